The summed E-state index contributed by atoms with van der Waals surface area (Å²) >= 11 is 6.00. The molecule has 1 heterocycles. The van der Waals surface area contributed by atoms with Crippen molar-refractivity contribution in [2.75, 3.05) is 24.6 Å². The summed E-state index contributed by atoms with van der Waals surface area (Å²) in [5, 5.41) is 0.273. The molecule has 1 aliphatic heterocycles. The van der Waals surface area contributed by atoms with Crippen molar-refractivity contribution in [1.82, 2.24) is 15.8 Å². The number of amides is 2. The molecule has 0 radical (unpaired) electrons. The van der Waals surface area contributed by atoms with Gasteiger partial charge in [-0.05, 0) is 17.7 Å². The first-order chi connectivity index (χ1) is 13.4. The molecule has 1 fully saturated rings. The largest absolute Gasteiger partial charge is 0.286 e. The number of carbonyl (C=O) groups excluding carboxylic acids is 2. The smallest absolute Gasteiger partial charge is 0.271 e. The lowest BCUT2D eigenvalue weighted by atomic mass is 10.0. The van der Waals surface area contributed by atoms with E-state index in [2.05, 4.69) is 10.9 Å². The SMILES string of the molecule is O=C(NNC(=O)C(c1ccccc1)N1CCS(=O)(=O)CC1)c1ccccc1Cl. The summed E-state index contributed by atoms with van der Waals surface area (Å²) in [7, 11) is -3.08. The van der Waals surface area contributed by atoms with Crippen LogP contribution in [-0.4, -0.2) is 49.7 Å². The number of nitrogens with zero attached hydrogens (tertiary/aromatic N) is 1. The van der Waals surface area contributed by atoms with E-state index in [4.69, 9.17) is 11.6 Å². The molecule has 7 nitrogen and oxygen atoms in total. The van der Waals surface area contributed by atoms with Gasteiger partial charge >= 0.3 is 0 Å². The molecule has 3 rings (SSSR count). The highest BCUT2D eigenvalue weighted by Crippen LogP contribution is 2.23. The van der Waals surface area contributed by atoms with Crippen LogP contribution in [0, 0.1) is 0 Å². The molecule has 1 aliphatic rings. The van der Waals surface area contributed by atoms with Crippen LogP contribution in [0.25, 0.3) is 0 Å². The molecule has 148 valence electrons. The summed E-state index contributed by atoms with van der Waals surface area (Å²) in [6.07, 6.45) is 0. The molecular formula is C19H20ClN3O4S. The molecule has 0 aliphatic carbocycles. The average molecular weight is 422 g/mol. The van der Waals surface area contributed by atoms with Gasteiger partial charge < -0.3 is 0 Å². The Balaban J connectivity index is 1.74. The lowest BCUT2D eigenvalue weighted by Crippen LogP contribution is -2.51. The van der Waals surface area contributed by atoms with E-state index in [1.165, 1.54) is 0 Å². The predicted molar refractivity (Wildman–Crippen MR) is 106 cm³/mol. The minimum atomic E-state index is -3.08. The van der Waals surface area contributed by atoms with Crippen LogP contribution in [0.5, 0.6) is 0 Å². The number of nitrogens with one attached hydrogen (secondary N) is 2. The molecule has 0 spiro atoms. The lowest BCUT2D eigenvalue weighted by Gasteiger charge is -2.33. The van der Waals surface area contributed by atoms with Gasteiger partial charge in [0.2, 0.25) is 0 Å². The van der Waals surface area contributed by atoms with Crippen LogP contribution in [0.4, 0.5) is 0 Å². The van der Waals surface area contributed by atoms with E-state index in [1.54, 1.807) is 53.4 Å². The Bertz CT molecular complexity index is 952. The third kappa shape index (κ3) is 4.89. The predicted octanol–water partition coefficient (Wildman–Crippen LogP) is 1.57. The van der Waals surface area contributed by atoms with E-state index in [1.807, 2.05) is 6.07 Å². The number of rotatable bonds is 4. The molecule has 2 aromatic carbocycles. The normalized spacial score (nSPS) is 17.5. The summed E-state index contributed by atoms with van der Waals surface area (Å²) in [6.45, 7) is 0.488. The molecule has 2 N–H and O–H groups in total. The fourth-order valence-corrected chi connectivity index (χ4v) is 4.50. The molecule has 2 aromatic rings. The van der Waals surface area contributed by atoms with Gasteiger partial charge in [0.05, 0.1) is 22.1 Å². The van der Waals surface area contributed by atoms with Crippen molar-refractivity contribution in [2.45, 2.75) is 6.04 Å². The van der Waals surface area contributed by atoms with Crippen molar-refractivity contribution in [3.05, 3.63) is 70.7 Å². The number of sulfone groups is 1. The van der Waals surface area contributed by atoms with Crippen molar-refractivity contribution >= 4 is 33.3 Å². The molecular weight excluding hydrogens is 402 g/mol. The summed E-state index contributed by atoms with van der Waals surface area (Å²) in [5.41, 5.74) is 5.77. The van der Waals surface area contributed by atoms with E-state index < -0.39 is 27.7 Å². The summed E-state index contributed by atoms with van der Waals surface area (Å²) in [6, 6.07) is 14.8. The number of hydrogen-bond acceptors (Lipinski definition) is 5. The van der Waals surface area contributed by atoms with Gasteiger partial charge in [-0.25, -0.2) is 8.42 Å². The van der Waals surface area contributed by atoms with Crippen molar-refractivity contribution in [3.63, 3.8) is 0 Å². The van der Waals surface area contributed by atoms with Crippen LogP contribution < -0.4 is 10.9 Å². The maximum absolute atomic E-state index is 12.9. The Morgan fingerprint density at radius 3 is 2.18 bits per heavy atom. The van der Waals surface area contributed by atoms with Gasteiger partial charge in [-0.1, -0.05) is 54.1 Å². The molecule has 0 bridgehead atoms. The minimum Gasteiger partial charge on any atom is -0.286 e. The van der Waals surface area contributed by atoms with Gasteiger partial charge in [-0.15, -0.1) is 0 Å². The second-order valence-electron chi connectivity index (χ2n) is 6.42. The van der Waals surface area contributed by atoms with E-state index >= 15 is 0 Å². The third-order valence-corrected chi connectivity index (χ3v) is 6.46. The Morgan fingerprint density at radius 1 is 0.929 bits per heavy atom. The van der Waals surface area contributed by atoms with Crippen molar-refractivity contribution in [3.8, 4) is 0 Å². The first-order valence-corrected chi connectivity index (χ1v) is 10.9. The highest BCUT2D eigenvalue weighted by molar-refractivity contribution is 7.91. The van der Waals surface area contributed by atoms with Gasteiger partial charge in [-0.3, -0.25) is 25.3 Å². The topological polar surface area (TPSA) is 95.6 Å². The fraction of sp³-hybridized carbons (Fsp3) is 0.263. The summed E-state index contributed by atoms with van der Waals surface area (Å²) < 4.78 is 23.5. The highest BCUT2D eigenvalue weighted by Gasteiger charge is 2.32. The van der Waals surface area contributed by atoms with Gasteiger partial charge in [0.15, 0.2) is 9.84 Å². The van der Waals surface area contributed by atoms with E-state index in [-0.39, 0.29) is 35.2 Å². The van der Waals surface area contributed by atoms with Crippen LogP contribution in [0.15, 0.2) is 54.6 Å². The molecule has 2 amide bonds. The van der Waals surface area contributed by atoms with Crippen LogP contribution in [0.3, 0.4) is 0 Å². The zero-order valence-corrected chi connectivity index (χ0v) is 16.5. The second kappa shape index (κ2) is 8.72. The average Bonchev–Trinajstić information content (AvgIpc) is 2.69. The van der Waals surface area contributed by atoms with Crippen LogP contribution >= 0.6 is 11.6 Å². The summed E-state index contributed by atoms with van der Waals surface area (Å²) in [5.74, 6) is -0.997. The van der Waals surface area contributed by atoms with Gasteiger partial charge in [0.1, 0.15) is 6.04 Å². The monoisotopic (exact) mass is 421 g/mol. The van der Waals surface area contributed by atoms with Crippen LogP contribution in [0.2, 0.25) is 5.02 Å². The van der Waals surface area contributed by atoms with Crippen molar-refractivity contribution in [2.24, 2.45) is 0 Å². The molecule has 9 heteroatoms. The molecule has 1 saturated heterocycles. The molecule has 0 saturated carbocycles. The molecule has 0 aromatic heterocycles. The summed E-state index contributed by atoms with van der Waals surface area (Å²) in [4.78, 5) is 27.0. The Labute approximate surface area is 168 Å². The molecule has 1 atom stereocenters. The van der Waals surface area contributed by atoms with Gasteiger partial charge in [0, 0.05) is 13.1 Å². The van der Waals surface area contributed by atoms with Crippen LogP contribution in [-0.2, 0) is 14.6 Å². The Hall–Kier alpha value is -2.42. The Kier molecular flexibility index (Phi) is 6.33. The second-order valence-corrected chi connectivity index (χ2v) is 9.14. The first-order valence-electron chi connectivity index (χ1n) is 8.71. The first kappa shape index (κ1) is 20.3. The third-order valence-electron chi connectivity index (χ3n) is 4.53. The standard InChI is InChI=1S/C19H20ClN3O4S/c20-16-9-5-4-8-15(16)18(24)21-22-19(25)17(14-6-2-1-3-7-14)23-10-12-28(26,27)13-11-23/h1-9,17H,10-13H2,(H,21,24)(H,22,25). The van der Waals surface area contributed by atoms with Crippen molar-refractivity contribution in [1.29, 1.82) is 0 Å². The number of benzene rings is 2. The fourth-order valence-electron chi connectivity index (χ4n) is 3.05. The minimum absolute atomic E-state index is 0.00437. The van der Waals surface area contributed by atoms with Crippen LogP contribution in [0.1, 0.15) is 22.0 Å². The number of carbonyl (C=O) groups is 2. The van der Waals surface area contributed by atoms with E-state index in [0.717, 1.165) is 0 Å². The lowest BCUT2D eigenvalue weighted by molar-refractivity contribution is -0.127. The molecule has 1 unspecified atom stereocenters. The molecule has 28 heavy (non-hydrogen) atoms. The zero-order valence-electron chi connectivity index (χ0n) is 15.0. The van der Waals surface area contributed by atoms with Crippen molar-refractivity contribution < 1.29 is 18.0 Å². The number of hydrazine groups is 1. The zero-order chi connectivity index (χ0) is 20.1. The maximum atomic E-state index is 12.9. The van der Waals surface area contributed by atoms with E-state index in [0.29, 0.717) is 5.56 Å². The van der Waals surface area contributed by atoms with E-state index in [9.17, 15) is 18.0 Å². The Morgan fingerprint density at radius 2 is 1.54 bits per heavy atom. The quantitative estimate of drug-likeness (QED) is 0.730. The van der Waals surface area contributed by atoms with Gasteiger partial charge in [0.25, 0.3) is 11.8 Å². The maximum Gasteiger partial charge on any atom is 0.271 e. The van der Waals surface area contributed by atoms with Gasteiger partial charge in [-0.2, -0.15) is 0 Å². The number of halogens is 1. The highest BCUT2D eigenvalue weighted by atomic mass is 35.5. The number of hydrogen-bond donors (Lipinski definition) is 2.